The van der Waals surface area contributed by atoms with Gasteiger partial charge < -0.3 is 20.2 Å². The number of hydrogen-bond donors (Lipinski definition) is 2. The fraction of sp³-hybridized carbons (Fsp3) is 0.320. The Kier molecular flexibility index (Phi) is 5.49. The Bertz CT molecular complexity index is 1260. The highest BCUT2D eigenvalue weighted by molar-refractivity contribution is 5.96. The minimum atomic E-state index is -0.147. The summed E-state index contributed by atoms with van der Waals surface area (Å²) in [5.74, 6) is 0.292. The van der Waals surface area contributed by atoms with Gasteiger partial charge in [0.1, 0.15) is 0 Å². The van der Waals surface area contributed by atoms with Crippen LogP contribution in [0.1, 0.15) is 35.7 Å². The summed E-state index contributed by atoms with van der Waals surface area (Å²) in [6, 6.07) is 9.34. The van der Waals surface area contributed by atoms with Crippen molar-refractivity contribution in [3.63, 3.8) is 0 Å². The molecule has 2 aromatic heterocycles. The number of aliphatic hydroxyl groups is 1. The molecular formula is C25H26N6O3. The zero-order chi connectivity index (χ0) is 23.9. The number of fused-ring (bicyclic) bond motifs is 2. The molecule has 0 saturated heterocycles. The van der Waals surface area contributed by atoms with Gasteiger partial charge in [0.2, 0.25) is 11.9 Å². The minimum Gasteiger partial charge on any atom is -0.395 e. The lowest BCUT2D eigenvalue weighted by atomic mass is 9.97. The van der Waals surface area contributed by atoms with E-state index in [0.717, 1.165) is 30.6 Å². The summed E-state index contributed by atoms with van der Waals surface area (Å²) in [4.78, 5) is 41.3. The van der Waals surface area contributed by atoms with Crippen LogP contribution >= 0.6 is 0 Å². The van der Waals surface area contributed by atoms with Crippen LogP contribution < -0.4 is 10.2 Å². The quantitative estimate of drug-likeness (QED) is 0.584. The molecule has 2 N–H and O–H groups in total. The van der Waals surface area contributed by atoms with Crippen molar-refractivity contribution in [2.45, 2.75) is 25.2 Å². The summed E-state index contributed by atoms with van der Waals surface area (Å²) < 4.78 is 0. The second kappa shape index (κ2) is 8.49. The Morgan fingerprint density at radius 3 is 2.59 bits per heavy atom. The molecule has 3 heterocycles. The number of aromatic nitrogens is 3. The van der Waals surface area contributed by atoms with E-state index in [1.807, 2.05) is 18.2 Å². The molecule has 174 valence electrons. The number of pyridine rings is 1. The minimum absolute atomic E-state index is 0.0782. The van der Waals surface area contributed by atoms with E-state index in [-0.39, 0.29) is 30.4 Å². The van der Waals surface area contributed by atoms with Gasteiger partial charge in [-0.3, -0.25) is 14.6 Å². The molecule has 2 aliphatic rings. The van der Waals surface area contributed by atoms with Crippen molar-refractivity contribution in [3.05, 3.63) is 60.0 Å². The van der Waals surface area contributed by atoms with Crippen molar-refractivity contribution in [1.29, 1.82) is 0 Å². The Morgan fingerprint density at radius 2 is 1.91 bits per heavy atom. The average Bonchev–Trinajstić information content (AvgIpc) is 3.55. The Labute approximate surface area is 197 Å². The molecule has 0 unspecified atom stereocenters. The van der Waals surface area contributed by atoms with E-state index >= 15 is 0 Å². The fourth-order valence-electron chi connectivity index (χ4n) is 4.50. The van der Waals surface area contributed by atoms with E-state index in [1.54, 1.807) is 37.8 Å². The zero-order valence-electron chi connectivity index (χ0n) is 19.2. The van der Waals surface area contributed by atoms with E-state index in [0.29, 0.717) is 22.9 Å². The van der Waals surface area contributed by atoms with E-state index in [9.17, 15) is 14.7 Å². The normalized spacial score (nSPS) is 15.2. The maximum atomic E-state index is 12.8. The number of amides is 2. The molecule has 0 radical (unpaired) electrons. The van der Waals surface area contributed by atoms with Crippen LogP contribution in [0.4, 0.5) is 17.3 Å². The first kappa shape index (κ1) is 22.0. The van der Waals surface area contributed by atoms with Gasteiger partial charge in [-0.05, 0) is 42.7 Å². The number of carbonyl (C=O) groups is 2. The molecular weight excluding hydrogens is 432 g/mol. The van der Waals surface area contributed by atoms with Crippen molar-refractivity contribution in [3.8, 4) is 11.3 Å². The third-order valence-corrected chi connectivity index (χ3v) is 6.46. The SMILES string of the molecule is CC(=O)Nc1ccnc(-c2cnc(N3CC4(CC4)c4ccc(C(=O)N(C)CCO)cc43)nc2)c1. The number of nitrogens with one attached hydrogen (secondary N) is 1. The van der Waals surface area contributed by atoms with Gasteiger partial charge in [0.05, 0.1) is 12.3 Å². The fourth-order valence-corrected chi connectivity index (χ4v) is 4.50. The van der Waals surface area contributed by atoms with E-state index in [4.69, 9.17) is 0 Å². The van der Waals surface area contributed by atoms with E-state index in [2.05, 4.69) is 25.2 Å². The zero-order valence-corrected chi connectivity index (χ0v) is 19.2. The molecule has 1 fully saturated rings. The summed E-state index contributed by atoms with van der Waals surface area (Å²) in [7, 11) is 1.68. The molecule has 1 aromatic carbocycles. The smallest absolute Gasteiger partial charge is 0.253 e. The number of rotatable bonds is 6. The van der Waals surface area contributed by atoms with Gasteiger partial charge in [0, 0.05) is 73.6 Å². The van der Waals surface area contributed by atoms with Gasteiger partial charge in [0.25, 0.3) is 5.91 Å². The van der Waals surface area contributed by atoms with E-state index < -0.39 is 0 Å². The number of hydrogen-bond acceptors (Lipinski definition) is 7. The van der Waals surface area contributed by atoms with Gasteiger partial charge in [-0.25, -0.2) is 9.97 Å². The molecule has 9 nitrogen and oxygen atoms in total. The van der Waals surface area contributed by atoms with Crippen LogP contribution in [0, 0.1) is 0 Å². The number of anilines is 3. The van der Waals surface area contributed by atoms with Crippen molar-refractivity contribution in [2.75, 3.05) is 37.0 Å². The summed E-state index contributed by atoms with van der Waals surface area (Å²) in [6.07, 6.45) is 7.29. The first-order valence-electron chi connectivity index (χ1n) is 11.2. The van der Waals surface area contributed by atoms with Crippen molar-refractivity contribution >= 4 is 29.1 Å². The highest BCUT2D eigenvalue weighted by Gasteiger charge is 2.52. The van der Waals surface area contributed by atoms with Crippen molar-refractivity contribution in [2.24, 2.45) is 0 Å². The van der Waals surface area contributed by atoms with Crippen LogP contribution in [0.15, 0.2) is 48.9 Å². The maximum absolute atomic E-state index is 12.8. The molecule has 1 spiro atoms. The highest BCUT2D eigenvalue weighted by atomic mass is 16.3. The van der Waals surface area contributed by atoms with Gasteiger partial charge in [-0.2, -0.15) is 0 Å². The van der Waals surface area contributed by atoms with Gasteiger partial charge in [0.15, 0.2) is 0 Å². The van der Waals surface area contributed by atoms with Crippen molar-refractivity contribution < 1.29 is 14.7 Å². The number of nitrogens with zero attached hydrogens (tertiary/aromatic N) is 5. The number of likely N-dealkylation sites (N-methyl/N-ethyl adjacent to an activating group) is 1. The maximum Gasteiger partial charge on any atom is 0.253 e. The lowest BCUT2D eigenvalue weighted by Gasteiger charge is -2.19. The summed E-state index contributed by atoms with van der Waals surface area (Å²) in [5.41, 5.74) is 4.93. The van der Waals surface area contributed by atoms with Gasteiger partial charge in [-0.1, -0.05) is 6.07 Å². The highest BCUT2D eigenvalue weighted by Crippen LogP contribution is 2.57. The molecule has 0 atom stereocenters. The standard InChI is InChI=1S/C25H26N6O3/c1-16(33)29-19-5-8-26-21(12-19)18-13-27-24(28-14-18)31-15-25(6-7-25)20-4-3-17(11-22(20)31)23(34)30(2)9-10-32/h3-5,8,11-14,32H,6-7,9-10,15H2,1-2H3,(H,26,29,33). The Morgan fingerprint density at radius 1 is 1.15 bits per heavy atom. The molecule has 9 heteroatoms. The number of benzene rings is 1. The van der Waals surface area contributed by atoms with Gasteiger partial charge >= 0.3 is 0 Å². The molecule has 1 saturated carbocycles. The largest absolute Gasteiger partial charge is 0.395 e. The molecule has 34 heavy (non-hydrogen) atoms. The predicted octanol–water partition coefficient (Wildman–Crippen LogP) is 2.74. The second-order valence-electron chi connectivity index (χ2n) is 8.93. The van der Waals surface area contributed by atoms with Crippen LogP contribution in [0.5, 0.6) is 0 Å². The van der Waals surface area contributed by atoms with E-state index in [1.165, 1.54) is 17.4 Å². The molecule has 2 amide bonds. The molecule has 1 aliphatic heterocycles. The molecule has 3 aromatic rings. The lowest BCUT2D eigenvalue weighted by molar-refractivity contribution is -0.114. The van der Waals surface area contributed by atoms with Crippen LogP contribution in [-0.4, -0.2) is 63.5 Å². The average molecular weight is 459 g/mol. The summed E-state index contributed by atoms with van der Waals surface area (Å²) in [5, 5.41) is 11.9. The first-order chi connectivity index (χ1) is 16.4. The molecule has 0 bridgehead atoms. The van der Waals surface area contributed by atoms with Crippen molar-refractivity contribution in [1.82, 2.24) is 19.9 Å². The summed E-state index contributed by atoms with van der Waals surface area (Å²) in [6.45, 7) is 2.45. The second-order valence-corrected chi connectivity index (χ2v) is 8.93. The number of carbonyl (C=O) groups excluding carboxylic acids is 2. The lowest BCUT2D eigenvalue weighted by Crippen LogP contribution is -2.29. The summed E-state index contributed by atoms with van der Waals surface area (Å²) >= 11 is 0. The predicted molar refractivity (Wildman–Crippen MR) is 128 cm³/mol. The van der Waals surface area contributed by atoms with Crippen LogP contribution in [0.3, 0.4) is 0 Å². The van der Waals surface area contributed by atoms with Gasteiger partial charge in [-0.15, -0.1) is 0 Å². The monoisotopic (exact) mass is 458 g/mol. The first-order valence-corrected chi connectivity index (χ1v) is 11.2. The number of aliphatic hydroxyl groups excluding tert-OH is 1. The third kappa shape index (κ3) is 3.99. The van der Waals surface area contributed by atoms with Crippen LogP contribution in [0.25, 0.3) is 11.3 Å². The Hall–Kier alpha value is -3.85. The molecule has 1 aliphatic carbocycles. The topological polar surface area (TPSA) is 112 Å². The van der Waals surface area contributed by atoms with Crippen LogP contribution in [-0.2, 0) is 10.2 Å². The Balaban J connectivity index is 1.44. The third-order valence-electron chi connectivity index (χ3n) is 6.46. The van der Waals surface area contributed by atoms with Crippen LogP contribution in [0.2, 0.25) is 0 Å². The molecule has 5 rings (SSSR count).